The van der Waals surface area contributed by atoms with Crippen LogP contribution >= 0.6 is 0 Å². The molecule has 3 rings (SSSR count). The van der Waals surface area contributed by atoms with E-state index in [4.69, 9.17) is 4.74 Å². The largest absolute Gasteiger partial charge is 0.383 e. The number of hydrogen-bond donors (Lipinski definition) is 0. The molecule has 5 nitrogen and oxygen atoms in total. The Balaban J connectivity index is 1.85. The first-order valence-electron chi connectivity index (χ1n) is 8.36. The molecule has 25 heavy (non-hydrogen) atoms. The molecule has 2 aromatic rings. The highest BCUT2D eigenvalue weighted by atomic mass is 19.1. The Kier molecular flexibility index (Phi) is 5.28. The van der Waals surface area contributed by atoms with E-state index in [0.717, 1.165) is 18.4 Å². The first-order chi connectivity index (χ1) is 12.1. The summed E-state index contributed by atoms with van der Waals surface area (Å²) in [7, 11) is 1.56. The predicted octanol–water partition coefficient (Wildman–Crippen LogP) is 2.61. The molecule has 0 saturated carbocycles. The Labute approximate surface area is 145 Å². The van der Waals surface area contributed by atoms with Crippen LogP contribution in [0.25, 0.3) is 0 Å². The van der Waals surface area contributed by atoms with Crippen molar-refractivity contribution in [2.24, 2.45) is 0 Å². The van der Waals surface area contributed by atoms with Crippen LogP contribution in [-0.4, -0.2) is 35.6 Å². The average Bonchev–Trinajstić information content (AvgIpc) is 3.10. The molecule has 132 valence electrons. The second kappa shape index (κ2) is 7.61. The number of carbonyl (C=O) groups is 1. The highest BCUT2D eigenvalue weighted by Crippen LogP contribution is 2.33. The summed E-state index contributed by atoms with van der Waals surface area (Å²) in [4.78, 5) is 26.6. The van der Waals surface area contributed by atoms with Gasteiger partial charge in [0.25, 0.3) is 11.5 Å². The number of ether oxygens (including phenoxy) is 1. The van der Waals surface area contributed by atoms with Crippen molar-refractivity contribution in [3.8, 4) is 0 Å². The third-order valence-corrected chi connectivity index (χ3v) is 4.51. The quantitative estimate of drug-likeness (QED) is 0.838. The van der Waals surface area contributed by atoms with Gasteiger partial charge in [-0.15, -0.1) is 0 Å². The van der Waals surface area contributed by atoms with E-state index in [9.17, 15) is 14.0 Å². The summed E-state index contributed by atoms with van der Waals surface area (Å²) in [6, 6.07) is 9.20. The minimum Gasteiger partial charge on any atom is -0.383 e. The lowest BCUT2D eigenvalue weighted by molar-refractivity contribution is 0.0734. The molecule has 1 aromatic carbocycles. The van der Waals surface area contributed by atoms with E-state index in [1.165, 1.54) is 22.8 Å². The highest BCUT2D eigenvalue weighted by molar-refractivity contribution is 5.94. The van der Waals surface area contributed by atoms with Gasteiger partial charge in [-0.1, -0.05) is 12.1 Å². The van der Waals surface area contributed by atoms with Gasteiger partial charge in [-0.3, -0.25) is 9.59 Å². The number of methoxy groups -OCH3 is 1. The zero-order chi connectivity index (χ0) is 17.8. The number of nitrogens with zero attached hydrogens (tertiary/aromatic N) is 2. The normalized spacial score (nSPS) is 17.0. The van der Waals surface area contributed by atoms with Crippen LogP contribution < -0.4 is 5.56 Å². The molecule has 1 amide bonds. The monoisotopic (exact) mass is 344 g/mol. The van der Waals surface area contributed by atoms with Crippen molar-refractivity contribution in [3.63, 3.8) is 0 Å². The number of benzene rings is 1. The third kappa shape index (κ3) is 3.79. The lowest BCUT2D eigenvalue weighted by atomic mass is 10.0. The summed E-state index contributed by atoms with van der Waals surface area (Å²) in [5, 5.41) is 0. The predicted molar refractivity (Wildman–Crippen MR) is 92.0 cm³/mol. The zero-order valence-electron chi connectivity index (χ0n) is 14.2. The average molecular weight is 344 g/mol. The lowest BCUT2D eigenvalue weighted by Gasteiger charge is -2.25. The van der Waals surface area contributed by atoms with Gasteiger partial charge in [-0.05, 0) is 36.6 Å². The van der Waals surface area contributed by atoms with Crippen LogP contribution in [0.3, 0.4) is 0 Å². The smallest absolute Gasteiger partial charge is 0.255 e. The first kappa shape index (κ1) is 17.4. The van der Waals surface area contributed by atoms with E-state index in [1.807, 2.05) is 6.07 Å². The third-order valence-electron chi connectivity index (χ3n) is 4.51. The maximum atomic E-state index is 13.5. The molecular weight excluding hydrogens is 323 g/mol. The molecule has 0 spiro atoms. The number of halogens is 1. The van der Waals surface area contributed by atoms with Gasteiger partial charge in [0.05, 0.1) is 18.2 Å². The molecule has 0 unspecified atom stereocenters. The maximum absolute atomic E-state index is 13.5. The van der Waals surface area contributed by atoms with E-state index in [1.54, 1.807) is 30.3 Å². The van der Waals surface area contributed by atoms with Gasteiger partial charge in [0, 0.05) is 32.5 Å². The van der Waals surface area contributed by atoms with Crippen molar-refractivity contribution >= 4 is 5.91 Å². The van der Waals surface area contributed by atoms with Crippen molar-refractivity contribution in [1.82, 2.24) is 9.47 Å². The van der Waals surface area contributed by atoms with Crippen LogP contribution in [-0.2, 0) is 11.3 Å². The van der Waals surface area contributed by atoms with Crippen LogP contribution in [0.4, 0.5) is 4.39 Å². The topological polar surface area (TPSA) is 51.5 Å². The summed E-state index contributed by atoms with van der Waals surface area (Å²) in [5.41, 5.74) is 1.09. The Morgan fingerprint density at radius 2 is 2.16 bits per heavy atom. The van der Waals surface area contributed by atoms with Crippen molar-refractivity contribution in [1.29, 1.82) is 0 Å². The van der Waals surface area contributed by atoms with E-state index < -0.39 is 0 Å². The molecule has 1 atom stereocenters. The van der Waals surface area contributed by atoms with Gasteiger partial charge in [0.15, 0.2) is 0 Å². The van der Waals surface area contributed by atoms with Gasteiger partial charge < -0.3 is 14.2 Å². The Morgan fingerprint density at radius 1 is 1.32 bits per heavy atom. The van der Waals surface area contributed by atoms with Gasteiger partial charge in [0.2, 0.25) is 0 Å². The van der Waals surface area contributed by atoms with E-state index in [0.29, 0.717) is 25.3 Å². The van der Waals surface area contributed by atoms with Crippen LogP contribution in [0.1, 0.15) is 34.8 Å². The fraction of sp³-hybridized carbons (Fsp3) is 0.368. The SMILES string of the molecule is COCCn1cc(C(=O)N2CCC[C@H]2c2cccc(F)c2)ccc1=O. The molecule has 6 heteroatoms. The molecule has 0 radical (unpaired) electrons. The Morgan fingerprint density at radius 3 is 2.92 bits per heavy atom. The lowest BCUT2D eigenvalue weighted by Crippen LogP contribution is -2.32. The minimum atomic E-state index is -0.301. The summed E-state index contributed by atoms with van der Waals surface area (Å²) in [6.45, 7) is 1.41. The number of carbonyl (C=O) groups excluding carboxylic acids is 1. The van der Waals surface area contributed by atoms with Gasteiger partial charge >= 0.3 is 0 Å². The summed E-state index contributed by atoms with van der Waals surface area (Å²) in [5.74, 6) is -0.442. The minimum absolute atomic E-state index is 0.137. The van der Waals surface area contributed by atoms with Gasteiger partial charge in [-0.25, -0.2) is 4.39 Å². The highest BCUT2D eigenvalue weighted by Gasteiger charge is 2.31. The molecule has 1 aromatic heterocycles. The second-order valence-electron chi connectivity index (χ2n) is 6.15. The first-order valence-corrected chi connectivity index (χ1v) is 8.36. The van der Waals surface area contributed by atoms with E-state index in [2.05, 4.69) is 0 Å². The number of pyridine rings is 1. The summed E-state index contributed by atoms with van der Waals surface area (Å²) >= 11 is 0. The van der Waals surface area contributed by atoms with E-state index in [-0.39, 0.29) is 23.3 Å². The van der Waals surface area contributed by atoms with Crippen molar-refractivity contribution in [3.05, 3.63) is 69.9 Å². The number of hydrogen-bond acceptors (Lipinski definition) is 3. The van der Waals surface area contributed by atoms with Crippen molar-refractivity contribution < 1.29 is 13.9 Å². The zero-order valence-corrected chi connectivity index (χ0v) is 14.2. The van der Waals surface area contributed by atoms with E-state index >= 15 is 0 Å². The number of aromatic nitrogens is 1. The van der Waals surface area contributed by atoms with Gasteiger partial charge in [-0.2, -0.15) is 0 Å². The van der Waals surface area contributed by atoms with Gasteiger partial charge in [0.1, 0.15) is 5.82 Å². The Bertz CT molecular complexity index is 818. The molecule has 0 bridgehead atoms. The Hall–Kier alpha value is -2.47. The maximum Gasteiger partial charge on any atom is 0.255 e. The van der Waals surface area contributed by atoms with Crippen molar-refractivity contribution in [2.45, 2.75) is 25.4 Å². The molecule has 1 aliphatic rings. The fourth-order valence-corrected chi connectivity index (χ4v) is 3.26. The van der Waals surface area contributed by atoms with Crippen LogP contribution in [0.15, 0.2) is 47.4 Å². The molecule has 0 aliphatic carbocycles. The second-order valence-corrected chi connectivity index (χ2v) is 6.15. The van der Waals surface area contributed by atoms with Crippen LogP contribution in [0, 0.1) is 5.82 Å². The molecule has 1 aliphatic heterocycles. The fourth-order valence-electron chi connectivity index (χ4n) is 3.26. The van der Waals surface area contributed by atoms with Crippen LogP contribution in [0.5, 0.6) is 0 Å². The summed E-state index contributed by atoms with van der Waals surface area (Å²) in [6.07, 6.45) is 3.25. The molecule has 2 heterocycles. The molecule has 1 fully saturated rings. The number of amides is 1. The molecule has 1 saturated heterocycles. The van der Waals surface area contributed by atoms with Crippen LogP contribution in [0.2, 0.25) is 0 Å². The standard InChI is InChI=1S/C19H21FN2O3/c1-25-11-10-21-13-15(7-8-18(21)23)19(24)22-9-3-6-17(22)14-4-2-5-16(20)12-14/h2,4-5,7-8,12-13,17H,3,6,9-11H2,1H3/t17-/m0/s1. The summed E-state index contributed by atoms with van der Waals surface area (Å²) < 4.78 is 20.0. The number of likely N-dealkylation sites (tertiary alicyclic amines) is 1. The van der Waals surface area contributed by atoms with Crippen molar-refractivity contribution in [2.75, 3.05) is 20.3 Å². The number of rotatable bonds is 5. The molecule has 0 N–H and O–H groups in total. The molecular formula is C19H21FN2O3.